The van der Waals surface area contributed by atoms with Crippen LogP contribution in [0.3, 0.4) is 0 Å². The Morgan fingerprint density at radius 2 is 1.70 bits per heavy atom. The molecule has 2 aromatic carbocycles. The number of hydrogen-bond acceptors (Lipinski definition) is 1. The summed E-state index contributed by atoms with van der Waals surface area (Å²) in [4.78, 5) is 0. The first-order chi connectivity index (χ1) is 9.52. The number of hydrogen-bond donors (Lipinski definition) is 1. The standard InChI is InChI=1S/C16H16ClF2N/c1-3-20-10(2)13-6-4-11(8-14(13)17)12-5-7-15(18)16(19)9-12/h4-10,20H,3H2,1-2H3. The van der Waals surface area contributed by atoms with Gasteiger partial charge in [0.2, 0.25) is 0 Å². The fourth-order valence-electron chi connectivity index (χ4n) is 2.15. The molecule has 106 valence electrons. The maximum absolute atomic E-state index is 13.3. The molecule has 0 aliphatic heterocycles. The highest BCUT2D eigenvalue weighted by atomic mass is 35.5. The highest BCUT2D eigenvalue weighted by Crippen LogP contribution is 2.29. The van der Waals surface area contributed by atoms with Crippen molar-refractivity contribution in [1.82, 2.24) is 5.32 Å². The zero-order chi connectivity index (χ0) is 14.7. The smallest absolute Gasteiger partial charge is 0.159 e. The second-order valence-electron chi connectivity index (χ2n) is 4.64. The second kappa shape index (κ2) is 6.33. The SMILES string of the molecule is CCNC(C)c1ccc(-c2ccc(F)c(F)c2)cc1Cl. The molecule has 2 aromatic rings. The van der Waals surface area contributed by atoms with Crippen LogP contribution >= 0.6 is 11.6 Å². The Kier molecular flexibility index (Phi) is 4.73. The van der Waals surface area contributed by atoms with Gasteiger partial charge in [0.05, 0.1) is 0 Å². The maximum Gasteiger partial charge on any atom is 0.159 e. The van der Waals surface area contributed by atoms with Crippen LogP contribution in [0.1, 0.15) is 25.5 Å². The van der Waals surface area contributed by atoms with E-state index in [1.165, 1.54) is 12.1 Å². The minimum absolute atomic E-state index is 0.145. The lowest BCUT2D eigenvalue weighted by Gasteiger charge is -2.15. The van der Waals surface area contributed by atoms with E-state index < -0.39 is 11.6 Å². The summed E-state index contributed by atoms with van der Waals surface area (Å²) in [6.07, 6.45) is 0. The van der Waals surface area contributed by atoms with E-state index in [0.717, 1.165) is 23.7 Å². The average Bonchev–Trinajstić information content (AvgIpc) is 2.42. The van der Waals surface area contributed by atoms with Gasteiger partial charge < -0.3 is 5.32 Å². The molecule has 0 spiro atoms. The molecule has 0 saturated carbocycles. The minimum Gasteiger partial charge on any atom is -0.310 e. The molecule has 0 heterocycles. The largest absolute Gasteiger partial charge is 0.310 e. The zero-order valence-corrected chi connectivity index (χ0v) is 12.1. The molecule has 20 heavy (non-hydrogen) atoms. The summed E-state index contributed by atoms with van der Waals surface area (Å²) in [5.41, 5.74) is 2.36. The Morgan fingerprint density at radius 1 is 1.05 bits per heavy atom. The lowest BCUT2D eigenvalue weighted by molar-refractivity contribution is 0.509. The monoisotopic (exact) mass is 295 g/mol. The first-order valence-corrected chi connectivity index (χ1v) is 6.89. The van der Waals surface area contributed by atoms with Gasteiger partial charge in [-0.2, -0.15) is 0 Å². The van der Waals surface area contributed by atoms with E-state index >= 15 is 0 Å². The molecule has 0 aliphatic rings. The molecule has 1 atom stereocenters. The first kappa shape index (κ1) is 14.9. The fourth-order valence-corrected chi connectivity index (χ4v) is 2.49. The molecule has 0 fully saturated rings. The number of nitrogens with one attached hydrogen (secondary N) is 1. The van der Waals surface area contributed by atoms with Crippen molar-refractivity contribution in [2.75, 3.05) is 6.54 Å². The van der Waals surface area contributed by atoms with Gasteiger partial charge in [-0.15, -0.1) is 0 Å². The fraction of sp³-hybridized carbons (Fsp3) is 0.250. The van der Waals surface area contributed by atoms with Crippen molar-refractivity contribution in [3.05, 3.63) is 58.6 Å². The van der Waals surface area contributed by atoms with Crippen molar-refractivity contribution in [1.29, 1.82) is 0 Å². The van der Waals surface area contributed by atoms with Crippen LogP contribution < -0.4 is 5.32 Å². The van der Waals surface area contributed by atoms with Crippen LogP contribution in [-0.2, 0) is 0 Å². The van der Waals surface area contributed by atoms with E-state index in [1.54, 1.807) is 6.07 Å². The van der Waals surface area contributed by atoms with Gasteiger partial charge in [-0.1, -0.05) is 36.7 Å². The summed E-state index contributed by atoms with van der Waals surface area (Å²) in [5.74, 6) is -1.71. The Hall–Kier alpha value is -1.45. The van der Waals surface area contributed by atoms with Crippen molar-refractivity contribution >= 4 is 11.6 Å². The molecule has 0 saturated heterocycles. The minimum atomic E-state index is -0.858. The molecule has 2 rings (SSSR count). The van der Waals surface area contributed by atoms with Crippen molar-refractivity contribution < 1.29 is 8.78 Å². The van der Waals surface area contributed by atoms with E-state index in [0.29, 0.717) is 10.6 Å². The van der Waals surface area contributed by atoms with Crippen molar-refractivity contribution in [2.45, 2.75) is 19.9 Å². The molecule has 1 N–H and O–H groups in total. The molecule has 0 aromatic heterocycles. The average molecular weight is 296 g/mol. The Bertz CT molecular complexity index is 613. The highest BCUT2D eigenvalue weighted by molar-refractivity contribution is 6.31. The Labute approximate surface area is 122 Å². The summed E-state index contributed by atoms with van der Waals surface area (Å²) >= 11 is 6.27. The quantitative estimate of drug-likeness (QED) is 0.841. The van der Waals surface area contributed by atoms with Crippen LogP contribution in [-0.4, -0.2) is 6.54 Å². The van der Waals surface area contributed by atoms with Gasteiger partial charge in [-0.3, -0.25) is 0 Å². The van der Waals surface area contributed by atoms with Gasteiger partial charge >= 0.3 is 0 Å². The lowest BCUT2D eigenvalue weighted by atomic mass is 10.0. The van der Waals surface area contributed by atoms with Crippen molar-refractivity contribution in [3.63, 3.8) is 0 Å². The normalized spacial score (nSPS) is 12.4. The van der Waals surface area contributed by atoms with E-state index in [4.69, 9.17) is 11.6 Å². The summed E-state index contributed by atoms with van der Waals surface area (Å²) in [7, 11) is 0. The molecule has 0 radical (unpaired) electrons. The van der Waals surface area contributed by atoms with Crippen LogP contribution in [0.2, 0.25) is 5.02 Å². The predicted octanol–water partition coefficient (Wildman–Crippen LogP) is 4.96. The third-order valence-corrected chi connectivity index (χ3v) is 3.56. The molecule has 0 aliphatic carbocycles. The highest BCUT2D eigenvalue weighted by Gasteiger charge is 2.11. The molecule has 1 nitrogen and oxygen atoms in total. The maximum atomic E-state index is 13.3. The van der Waals surface area contributed by atoms with Crippen molar-refractivity contribution in [2.24, 2.45) is 0 Å². The Morgan fingerprint density at radius 3 is 2.30 bits per heavy atom. The van der Waals surface area contributed by atoms with Crippen LogP contribution in [0.5, 0.6) is 0 Å². The van der Waals surface area contributed by atoms with Crippen LogP contribution in [0, 0.1) is 11.6 Å². The van der Waals surface area contributed by atoms with Crippen LogP contribution in [0.4, 0.5) is 8.78 Å². The molecule has 4 heteroatoms. The zero-order valence-electron chi connectivity index (χ0n) is 11.4. The van der Waals surface area contributed by atoms with Gasteiger partial charge in [0, 0.05) is 11.1 Å². The molecule has 0 amide bonds. The van der Waals surface area contributed by atoms with Gasteiger partial charge in [0.25, 0.3) is 0 Å². The molecule has 0 bridgehead atoms. The van der Waals surface area contributed by atoms with E-state index in [2.05, 4.69) is 5.32 Å². The summed E-state index contributed by atoms with van der Waals surface area (Å²) in [6, 6.07) is 9.52. The van der Waals surface area contributed by atoms with E-state index in [9.17, 15) is 8.78 Å². The van der Waals surface area contributed by atoms with Gasteiger partial charge in [-0.05, 0) is 48.4 Å². The van der Waals surface area contributed by atoms with E-state index in [-0.39, 0.29) is 6.04 Å². The molecular formula is C16H16ClF2N. The number of benzene rings is 2. The number of halogens is 3. The van der Waals surface area contributed by atoms with Crippen LogP contribution in [0.25, 0.3) is 11.1 Å². The molecular weight excluding hydrogens is 280 g/mol. The second-order valence-corrected chi connectivity index (χ2v) is 5.05. The summed E-state index contributed by atoms with van der Waals surface area (Å²) in [6.45, 7) is 4.91. The van der Waals surface area contributed by atoms with Gasteiger partial charge in [0.1, 0.15) is 0 Å². The van der Waals surface area contributed by atoms with Gasteiger partial charge in [0.15, 0.2) is 11.6 Å². The number of rotatable bonds is 4. The van der Waals surface area contributed by atoms with Gasteiger partial charge in [-0.25, -0.2) is 8.78 Å². The lowest BCUT2D eigenvalue weighted by Crippen LogP contribution is -2.17. The van der Waals surface area contributed by atoms with Crippen molar-refractivity contribution in [3.8, 4) is 11.1 Å². The third kappa shape index (κ3) is 3.17. The summed E-state index contributed by atoms with van der Waals surface area (Å²) in [5, 5.41) is 3.90. The third-order valence-electron chi connectivity index (χ3n) is 3.23. The first-order valence-electron chi connectivity index (χ1n) is 6.51. The topological polar surface area (TPSA) is 12.0 Å². The molecule has 1 unspecified atom stereocenters. The van der Waals surface area contributed by atoms with Crippen LogP contribution in [0.15, 0.2) is 36.4 Å². The van der Waals surface area contributed by atoms with E-state index in [1.807, 2.05) is 26.0 Å². The Balaban J connectivity index is 2.35. The summed E-state index contributed by atoms with van der Waals surface area (Å²) < 4.78 is 26.2. The predicted molar refractivity (Wildman–Crippen MR) is 78.9 cm³/mol.